The molecule has 32 heavy (non-hydrogen) atoms. The maximum Gasteiger partial charge on any atom is 0.241 e. The second-order valence-electron chi connectivity index (χ2n) is 8.35. The van der Waals surface area contributed by atoms with Crippen molar-refractivity contribution in [1.82, 2.24) is 9.62 Å². The Balaban J connectivity index is 1.62. The van der Waals surface area contributed by atoms with Crippen LogP contribution in [0.5, 0.6) is 0 Å². The van der Waals surface area contributed by atoms with E-state index in [0.29, 0.717) is 24.1 Å². The highest BCUT2D eigenvalue weighted by Crippen LogP contribution is 2.26. The van der Waals surface area contributed by atoms with Crippen LogP contribution in [0.3, 0.4) is 0 Å². The van der Waals surface area contributed by atoms with Crippen LogP contribution in [0.2, 0.25) is 0 Å². The minimum atomic E-state index is -3.77. The van der Waals surface area contributed by atoms with E-state index < -0.39 is 25.1 Å². The summed E-state index contributed by atoms with van der Waals surface area (Å²) in [4.78, 5) is 14.6. The number of sulfonamides is 1. The van der Waals surface area contributed by atoms with Gasteiger partial charge in [-0.3, -0.25) is 4.79 Å². The van der Waals surface area contributed by atoms with Crippen LogP contribution in [0, 0.1) is 27.7 Å². The molecular formula is C23H30N2O5S2. The second-order valence-corrected chi connectivity index (χ2v) is 12.3. The average molecular weight is 479 g/mol. The molecular weight excluding hydrogens is 448 g/mol. The molecule has 1 fully saturated rings. The number of hydrogen-bond acceptors (Lipinski definition) is 5. The predicted molar refractivity (Wildman–Crippen MR) is 124 cm³/mol. The summed E-state index contributed by atoms with van der Waals surface area (Å²) in [6.45, 7) is 7.72. The van der Waals surface area contributed by atoms with Crippen molar-refractivity contribution in [2.45, 2.75) is 55.6 Å². The van der Waals surface area contributed by atoms with E-state index in [1.165, 1.54) is 4.90 Å². The van der Waals surface area contributed by atoms with Gasteiger partial charge in [-0.05, 0) is 68.5 Å². The SMILES string of the molecule is Cc1cc(C)c(C)c(S(=O)(=O)NCCC(=O)N2CCC(S(=O)(=O)c3ccccc3)C2)c1C. The fourth-order valence-corrected chi connectivity index (χ4v) is 7.47. The first-order valence-corrected chi connectivity index (χ1v) is 13.6. The molecule has 1 atom stereocenters. The summed E-state index contributed by atoms with van der Waals surface area (Å²) in [6, 6.07) is 10.2. The Morgan fingerprint density at radius 1 is 1.00 bits per heavy atom. The first-order chi connectivity index (χ1) is 14.9. The van der Waals surface area contributed by atoms with Crippen LogP contribution in [0.4, 0.5) is 0 Å². The Kier molecular flexibility index (Phi) is 7.12. The Bertz CT molecular complexity index is 1200. The Morgan fingerprint density at radius 3 is 2.19 bits per heavy atom. The summed E-state index contributed by atoms with van der Waals surface area (Å²) in [5.74, 6) is -0.257. The highest BCUT2D eigenvalue weighted by atomic mass is 32.2. The van der Waals surface area contributed by atoms with Gasteiger partial charge >= 0.3 is 0 Å². The van der Waals surface area contributed by atoms with Crippen molar-refractivity contribution in [1.29, 1.82) is 0 Å². The zero-order chi connectivity index (χ0) is 23.7. The van der Waals surface area contributed by atoms with Gasteiger partial charge in [0.25, 0.3) is 0 Å². The molecule has 1 amide bonds. The molecule has 0 aliphatic carbocycles. The Labute approximate surface area is 190 Å². The van der Waals surface area contributed by atoms with Gasteiger partial charge in [0, 0.05) is 26.1 Å². The molecule has 2 aromatic rings. The van der Waals surface area contributed by atoms with E-state index in [2.05, 4.69) is 4.72 Å². The molecule has 1 saturated heterocycles. The van der Waals surface area contributed by atoms with Gasteiger partial charge < -0.3 is 4.90 Å². The van der Waals surface area contributed by atoms with E-state index >= 15 is 0 Å². The third-order valence-corrected chi connectivity index (χ3v) is 10.1. The van der Waals surface area contributed by atoms with Crippen molar-refractivity contribution in [3.8, 4) is 0 Å². The third kappa shape index (κ3) is 4.89. The lowest BCUT2D eigenvalue weighted by Gasteiger charge is -2.18. The summed E-state index contributed by atoms with van der Waals surface area (Å²) >= 11 is 0. The molecule has 1 unspecified atom stereocenters. The molecule has 0 aromatic heterocycles. The van der Waals surface area contributed by atoms with Crippen LogP contribution in [0.1, 0.15) is 35.1 Å². The molecule has 1 N–H and O–H groups in total. The fourth-order valence-electron chi connectivity index (χ4n) is 4.12. The first-order valence-electron chi connectivity index (χ1n) is 10.6. The maximum atomic E-state index is 12.9. The molecule has 174 valence electrons. The molecule has 0 bridgehead atoms. The van der Waals surface area contributed by atoms with E-state index in [0.717, 1.165) is 11.1 Å². The van der Waals surface area contributed by atoms with Crippen molar-refractivity contribution in [3.05, 3.63) is 58.7 Å². The number of carbonyl (C=O) groups is 1. The van der Waals surface area contributed by atoms with Crippen molar-refractivity contribution in [2.24, 2.45) is 0 Å². The van der Waals surface area contributed by atoms with Gasteiger partial charge in [0.1, 0.15) is 0 Å². The topological polar surface area (TPSA) is 101 Å². The average Bonchev–Trinajstić information content (AvgIpc) is 3.24. The fraction of sp³-hybridized carbons (Fsp3) is 0.435. The number of nitrogens with one attached hydrogen (secondary N) is 1. The number of likely N-dealkylation sites (tertiary alicyclic amines) is 1. The van der Waals surface area contributed by atoms with Gasteiger partial charge in [0.2, 0.25) is 15.9 Å². The summed E-state index contributed by atoms with van der Waals surface area (Å²) in [5, 5.41) is -0.647. The quantitative estimate of drug-likeness (QED) is 0.659. The molecule has 2 aromatic carbocycles. The molecule has 7 nitrogen and oxygen atoms in total. The lowest BCUT2D eigenvalue weighted by Crippen LogP contribution is -2.35. The Morgan fingerprint density at radius 2 is 1.59 bits per heavy atom. The van der Waals surface area contributed by atoms with Crippen LogP contribution in [-0.4, -0.2) is 52.5 Å². The van der Waals surface area contributed by atoms with Crippen LogP contribution in [0.25, 0.3) is 0 Å². The molecule has 9 heteroatoms. The minimum absolute atomic E-state index is 0.0276. The predicted octanol–water partition coefficient (Wildman–Crippen LogP) is 2.66. The number of sulfone groups is 1. The standard InChI is InChI=1S/C23H30N2O5S2/c1-16-14-17(2)19(4)23(18(16)3)32(29,30)24-12-10-22(26)25-13-11-21(15-25)31(27,28)20-8-6-5-7-9-20/h5-9,14,21,24H,10-13,15H2,1-4H3. The normalized spacial score (nSPS) is 17.0. The summed E-state index contributed by atoms with van der Waals surface area (Å²) in [7, 11) is -7.28. The molecule has 0 radical (unpaired) electrons. The molecule has 0 saturated carbocycles. The molecule has 3 rings (SSSR count). The van der Waals surface area contributed by atoms with Gasteiger partial charge in [-0.1, -0.05) is 24.3 Å². The number of benzene rings is 2. The highest BCUT2D eigenvalue weighted by Gasteiger charge is 2.36. The number of aryl methyl sites for hydroxylation is 2. The summed E-state index contributed by atoms with van der Waals surface area (Å²) in [5.41, 5.74) is 3.18. The van der Waals surface area contributed by atoms with Crippen molar-refractivity contribution in [2.75, 3.05) is 19.6 Å². The lowest BCUT2D eigenvalue weighted by atomic mass is 10.0. The largest absolute Gasteiger partial charge is 0.341 e. The van der Waals surface area contributed by atoms with E-state index in [1.807, 2.05) is 19.9 Å². The maximum absolute atomic E-state index is 12.9. The van der Waals surface area contributed by atoms with Crippen LogP contribution < -0.4 is 4.72 Å². The van der Waals surface area contributed by atoms with E-state index in [9.17, 15) is 21.6 Å². The van der Waals surface area contributed by atoms with Gasteiger partial charge in [0.15, 0.2) is 9.84 Å². The molecule has 0 spiro atoms. The zero-order valence-electron chi connectivity index (χ0n) is 18.9. The number of nitrogens with zero attached hydrogens (tertiary/aromatic N) is 1. The van der Waals surface area contributed by atoms with Gasteiger partial charge in [-0.25, -0.2) is 21.6 Å². The van der Waals surface area contributed by atoms with Crippen LogP contribution >= 0.6 is 0 Å². The van der Waals surface area contributed by atoms with E-state index in [4.69, 9.17) is 0 Å². The van der Waals surface area contributed by atoms with E-state index in [-0.39, 0.29) is 35.2 Å². The minimum Gasteiger partial charge on any atom is -0.341 e. The van der Waals surface area contributed by atoms with Gasteiger partial charge in [-0.2, -0.15) is 0 Å². The lowest BCUT2D eigenvalue weighted by molar-refractivity contribution is -0.129. The number of carbonyl (C=O) groups excluding carboxylic acids is 1. The monoisotopic (exact) mass is 478 g/mol. The first kappa shape index (κ1) is 24.4. The smallest absolute Gasteiger partial charge is 0.241 e. The second kappa shape index (κ2) is 9.33. The Hall–Kier alpha value is -2.23. The van der Waals surface area contributed by atoms with Crippen molar-refractivity contribution < 1.29 is 21.6 Å². The molecule has 1 heterocycles. The number of rotatable bonds is 7. The number of amides is 1. The van der Waals surface area contributed by atoms with Gasteiger partial charge in [0.05, 0.1) is 15.0 Å². The van der Waals surface area contributed by atoms with Gasteiger partial charge in [-0.15, -0.1) is 0 Å². The summed E-state index contributed by atoms with van der Waals surface area (Å²) in [6.07, 6.45) is 0.343. The molecule has 1 aliphatic rings. The van der Waals surface area contributed by atoms with Crippen LogP contribution in [0.15, 0.2) is 46.2 Å². The third-order valence-electron chi connectivity index (χ3n) is 6.21. The summed E-state index contributed by atoms with van der Waals surface area (Å²) < 4.78 is 53.9. The zero-order valence-corrected chi connectivity index (χ0v) is 20.5. The number of hydrogen-bond donors (Lipinski definition) is 1. The molecule has 1 aliphatic heterocycles. The highest BCUT2D eigenvalue weighted by molar-refractivity contribution is 7.92. The van der Waals surface area contributed by atoms with Crippen molar-refractivity contribution in [3.63, 3.8) is 0 Å². The van der Waals surface area contributed by atoms with Crippen molar-refractivity contribution >= 4 is 25.8 Å². The van der Waals surface area contributed by atoms with Crippen LogP contribution in [-0.2, 0) is 24.7 Å². The van der Waals surface area contributed by atoms with E-state index in [1.54, 1.807) is 44.2 Å².